The number of carbonyl (C=O) groups excluding carboxylic acids is 3. The molecule has 0 N–H and O–H groups in total. The van der Waals surface area contributed by atoms with Crippen molar-refractivity contribution in [2.45, 2.75) is 81.6 Å². The van der Waals surface area contributed by atoms with Gasteiger partial charge in [-0.15, -0.1) is 0 Å². The van der Waals surface area contributed by atoms with Crippen LogP contribution in [0.1, 0.15) is 81.6 Å². The molecule has 2 aliphatic carbocycles. The molecule has 2 unspecified atom stereocenters. The van der Waals surface area contributed by atoms with Gasteiger partial charge in [0.05, 0.1) is 12.5 Å². The average Bonchev–Trinajstić information content (AvgIpc) is 2.66. The summed E-state index contributed by atoms with van der Waals surface area (Å²) in [6, 6.07) is 0. The summed E-state index contributed by atoms with van der Waals surface area (Å²) in [5.74, 6) is -0.695. The van der Waals surface area contributed by atoms with Crippen molar-refractivity contribution in [2.75, 3.05) is 7.11 Å². The summed E-state index contributed by atoms with van der Waals surface area (Å²) in [7, 11) is 1.49. The van der Waals surface area contributed by atoms with Crippen molar-refractivity contribution in [3.8, 4) is 0 Å². The van der Waals surface area contributed by atoms with E-state index in [-0.39, 0.29) is 34.9 Å². The van der Waals surface area contributed by atoms with Crippen molar-refractivity contribution in [1.82, 2.24) is 0 Å². The standard InChI is InChI=1S/C27H40O4/c1-16(2)11-13-19-15-26(9)22(29)20(14-12-17(3)4)23(31-10)27(24(26)30,25(19,7)8)21(28)18(5)6/h11-12,18-19H,13-15H2,1-10H3/t19?,26?,27-/m1/s1. The van der Waals surface area contributed by atoms with Gasteiger partial charge in [0, 0.05) is 11.5 Å². The normalized spacial score (nSPS) is 29.7. The molecule has 0 radical (unpaired) electrons. The maximum absolute atomic E-state index is 14.2. The number of methoxy groups -OCH3 is 1. The second-order valence-corrected chi connectivity index (χ2v) is 10.9. The summed E-state index contributed by atoms with van der Waals surface area (Å²) in [5.41, 5.74) is -0.625. The van der Waals surface area contributed by atoms with Crippen LogP contribution in [0.15, 0.2) is 34.6 Å². The fourth-order valence-electron chi connectivity index (χ4n) is 5.61. The number of Topliss-reactive ketones (excluding diaryl/α,β-unsaturated/α-hetero) is 3. The van der Waals surface area contributed by atoms with E-state index in [1.807, 2.05) is 61.5 Å². The summed E-state index contributed by atoms with van der Waals surface area (Å²) in [6.07, 6.45) is 5.67. The highest BCUT2D eigenvalue weighted by atomic mass is 16.5. The van der Waals surface area contributed by atoms with Crippen LogP contribution in [0.25, 0.3) is 0 Å². The van der Waals surface area contributed by atoms with Crippen LogP contribution in [0.2, 0.25) is 0 Å². The lowest BCUT2D eigenvalue weighted by Crippen LogP contribution is -2.68. The average molecular weight is 429 g/mol. The Balaban J connectivity index is 2.97. The van der Waals surface area contributed by atoms with E-state index in [2.05, 4.69) is 6.08 Å². The smallest absolute Gasteiger partial charge is 0.175 e. The quantitative estimate of drug-likeness (QED) is 0.368. The third-order valence-corrected chi connectivity index (χ3v) is 7.50. The molecule has 1 saturated carbocycles. The molecule has 0 aromatic rings. The lowest BCUT2D eigenvalue weighted by Gasteiger charge is -2.60. The molecule has 0 aromatic carbocycles. The van der Waals surface area contributed by atoms with Crippen molar-refractivity contribution in [3.05, 3.63) is 34.6 Å². The van der Waals surface area contributed by atoms with Crippen LogP contribution in [0.5, 0.6) is 0 Å². The van der Waals surface area contributed by atoms with E-state index in [1.54, 1.807) is 6.92 Å². The number of hydrogen-bond donors (Lipinski definition) is 0. The zero-order chi connectivity index (χ0) is 23.9. The van der Waals surface area contributed by atoms with Gasteiger partial charge in [-0.3, -0.25) is 14.4 Å². The lowest BCUT2D eigenvalue weighted by molar-refractivity contribution is -0.175. The summed E-state index contributed by atoms with van der Waals surface area (Å²) < 4.78 is 5.86. The second-order valence-electron chi connectivity index (χ2n) is 10.9. The Morgan fingerprint density at radius 1 is 1.06 bits per heavy atom. The van der Waals surface area contributed by atoms with Crippen molar-refractivity contribution in [1.29, 1.82) is 0 Å². The zero-order valence-electron chi connectivity index (χ0n) is 21.1. The first kappa shape index (κ1) is 25.3. The number of hydrogen-bond acceptors (Lipinski definition) is 4. The van der Waals surface area contributed by atoms with Crippen LogP contribution in [0.3, 0.4) is 0 Å². The number of rotatable bonds is 7. The third kappa shape index (κ3) is 3.66. The minimum atomic E-state index is -1.46. The number of carbonyl (C=O) groups is 3. The van der Waals surface area contributed by atoms with Crippen LogP contribution >= 0.6 is 0 Å². The summed E-state index contributed by atoms with van der Waals surface area (Å²) in [5, 5.41) is 0. The van der Waals surface area contributed by atoms with E-state index in [0.717, 1.165) is 12.0 Å². The molecular weight excluding hydrogens is 388 g/mol. The minimum Gasteiger partial charge on any atom is -0.499 e. The molecule has 2 aliphatic rings. The predicted molar refractivity (Wildman–Crippen MR) is 124 cm³/mol. The van der Waals surface area contributed by atoms with E-state index in [4.69, 9.17) is 4.74 Å². The Kier molecular flexibility index (Phi) is 6.95. The zero-order valence-corrected chi connectivity index (χ0v) is 21.1. The molecule has 31 heavy (non-hydrogen) atoms. The number of fused-ring (bicyclic) bond motifs is 2. The van der Waals surface area contributed by atoms with Crippen molar-refractivity contribution in [2.24, 2.45) is 28.1 Å². The number of ketones is 3. The van der Waals surface area contributed by atoms with Gasteiger partial charge >= 0.3 is 0 Å². The Labute approximate surface area is 188 Å². The van der Waals surface area contributed by atoms with Gasteiger partial charge < -0.3 is 4.74 Å². The van der Waals surface area contributed by atoms with E-state index >= 15 is 0 Å². The lowest BCUT2D eigenvalue weighted by atomic mass is 9.40. The van der Waals surface area contributed by atoms with Gasteiger partial charge in [0.25, 0.3) is 0 Å². The first-order chi connectivity index (χ1) is 14.2. The Hall–Kier alpha value is -1.97. The van der Waals surface area contributed by atoms with Crippen LogP contribution in [0, 0.1) is 28.1 Å². The first-order valence-electron chi connectivity index (χ1n) is 11.4. The van der Waals surface area contributed by atoms with Gasteiger partial charge in [-0.2, -0.15) is 0 Å². The van der Waals surface area contributed by atoms with Gasteiger partial charge in [0.1, 0.15) is 5.76 Å². The van der Waals surface area contributed by atoms with Crippen molar-refractivity contribution in [3.63, 3.8) is 0 Å². The molecule has 4 nitrogen and oxygen atoms in total. The number of ether oxygens (including phenoxy) is 1. The molecule has 1 fully saturated rings. The molecular formula is C27H40O4. The fourth-order valence-corrected chi connectivity index (χ4v) is 5.61. The molecule has 0 aromatic heterocycles. The highest BCUT2D eigenvalue weighted by molar-refractivity contribution is 6.27. The molecule has 0 saturated heterocycles. The molecule has 4 heteroatoms. The van der Waals surface area contributed by atoms with Gasteiger partial charge in [0.2, 0.25) is 0 Å². The van der Waals surface area contributed by atoms with Crippen LogP contribution in [0.4, 0.5) is 0 Å². The monoisotopic (exact) mass is 428 g/mol. The molecule has 0 aliphatic heterocycles. The Morgan fingerprint density at radius 3 is 2.06 bits per heavy atom. The van der Waals surface area contributed by atoms with E-state index in [1.165, 1.54) is 12.7 Å². The highest BCUT2D eigenvalue weighted by Gasteiger charge is 2.73. The fraction of sp³-hybridized carbons (Fsp3) is 0.667. The van der Waals surface area contributed by atoms with E-state index < -0.39 is 16.2 Å². The van der Waals surface area contributed by atoms with Crippen LogP contribution in [-0.2, 0) is 19.1 Å². The SMILES string of the molecule is COC1=C(CC=C(C)C)C(=O)C2(C)CC(CC=C(C)C)C(C)(C)[C@@]1(C(=O)C(C)C)C2=O. The Morgan fingerprint density at radius 2 is 1.61 bits per heavy atom. The van der Waals surface area contributed by atoms with Crippen LogP contribution in [-0.4, -0.2) is 24.5 Å². The molecule has 2 bridgehead atoms. The highest BCUT2D eigenvalue weighted by Crippen LogP contribution is 2.65. The Bertz CT molecular complexity index is 875. The van der Waals surface area contributed by atoms with Gasteiger partial charge in [-0.1, -0.05) is 51.0 Å². The predicted octanol–water partition coefficient (Wildman–Crippen LogP) is 6.02. The molecule has 3 atom stereocenters. The summed E-state index contributed by atoms with van der Waals surface area (Å²) in [6.45, 7) is 17.5. The summed E-state index contributed by atoms with van der Waals surface area (Å²) >= 11 is 0. The first-order valence-corrected chi connectivity index (χ1v) is 11.4. The minimum absolute atomic E-state index is 0.00750. The van der Waals surface area contributed by atoms with Crippen LogP contribution < -0.4 is 0 Å². The van der Waals surface area contributed by atoms with Gasteiger partial charge in [-0.25, -0.2) is 0 Å². The molecule has 0 spiro atoms. The van der Waals surface area contributed by atoms with Crippen molar-refractivity contribution >= 4 is 17.3 Å². The molecule has 0 amide bonds. The second kappa shape index (κ2) is 8.52. The van der Waals surface area contributed by atoms with Crippen molar-refractivity contribution < 1.29 is 19.1 Å². The molecule has 0 heterocycles. The number of allylic oxidation sites excluding steroid dienone is 6. The topological polar surface area (TPSA) is 60.4 Å². The molecule has 2 rings (SSSR count). The van der Waals surface area contributed by atoms with Gasteiger partial charge in [-0.05, 0) is 65.2 Å². The maximum Gasteiger partial charge on any atom is 0.175 e. The summed E-state index contributed by atoms with van der Waals surface area (Å²) in [4.78, 5) is 41.9. The van der Waals surface area contributed by atoms with E-state index in [9.17, 15) is 14.4 Å². The maximum atomic E-state index is 14.2. The van der Waals surface area contributed by atoms with Gasteiger partial charge in [0.15, 0.2) is 22.8 Å². The molecule has 172 valence electrons. The largest absolute Gasteiger partial charge is 0.499 e. The van der Waals surface area contributed by atoms with E-state index in [0.29, 0.717) is 18.4 Å². The third-order valence-electron chi connectivity index (χ3n) is 7.50.